The van der Waals surface area contributed by atoms with Crippen LogP contribution >= 0.6 is 15.9 Å². The summed E-state index contributed by atoms with van der Waals surface area (Å²) in [4.78, 5) is 0. The van der Waals surface area contributed by atoms with E-state index in [-0.39, 0.29) is 5.60 Å². The van der Waals surface area contributed by atoms with Gasteiger partial charge < -0.3 is 4.74 Å². The summed E-state index contributed by atoms with van der Waals surface area (Å²) in [6, 6.07) is 0. The molecule has 0 bridgehead atoms. The van der Waals surface area contributed by atoms with E-state index in [4.69, 9.17) is 4.74 Å². The van der Waals surface area contributed by atoms with Crippen LogP contribution < -0.4 is 0 Å². The Bertz CT molecular complexity index is 121. The van der Waals surface area contributed by atoms with Crippen molar-refractivity contribution in [3.8, 4) is 0 Å². The summed E-state index contributed by atoms with van der Waals surface area (Å²) in [6.07, 6.45) is 1.49. The third kappa shape index (κ3) is 6.01. The zero-order valence-corrected chi connectivity index (χ0v) is 10.4. The lowest BCUT2D eigenvalue weighted by Crippen LogP contribution is -2.31. The quantitative estimate of drug-likeness (QED) is 0.663. The van der Waals surface area contributed by atoms with Gasteiger partial charge in [-0.05, 0) is 33.1 Å². The van der Waals surface area contributed by atoms with Gasteiger partial charge in [-0.2, -0.15) is 0 Å². The first-order valence-electron chi connectivity index (χ1n) is 4.61. The highest BCUT2D eigenvalue weighted by Gasteiger charge is 2.20. The zero-order chi connectivity index (χ0) is 9.78. The van der Waals surface area contributed by atoms with E-state index in [0.29, 0.717) is 12.0 Å². The van der Waals surface area contributed by atoms with Gasteiger partial charge in [-0.15, -0.1) is 0 Å². The first kappa shape index (κ1) is 12.4. The van der Waals surface area contributed by atoms with Crippen LogP contribution in [0.25, 0.3) is 0 Å². The second-order valence-electron chi connectivity index (χ2n) is 4.45. The summed E-state index contributed by atoms with van der Waals surface area (Å²) >= 11 is 3.44. The van der Waals surface area contributed by atoms with Crippen molar-refractivity contribution in [3.63, 3.8) is 0 Å². The molecule has 2 heteroatoms. The first-order chi connectivity index (χ1) is 5.37. The molecule has 0 N–H and O–H groups in total. The van der Waals surface area contributed by atoms with E-state index in [9.17, 15) is 0 Å². The summed E-state index contributed by atoms with van der Waals surface area (Å²) in [7, 11) is 0. The largest absolute Gasteiger partial charge is 0.372 e. The predicted molar refractivity (Wildman–Crippen MR) is 57.9 cm³/mol. The molecule has 0 spiro atoms. The lowest BCUT2D eigenvalue weighted by molar-refractivity contribution is -0.0546. The Labute approximate surface area is 85.0 Å². The van der Waals surface area contributed by atoms with E-state index < -0.39 is 0 Å². The van der Waals surface area contributed by atoms with Crippen LogP contribution in [0, 0.1) is 5.92 Å². The Morgan fingerprint density at radius 1 is 1.25 bits per heavy atom. The molecule has 0 amide bonds. The van der Waals surface area contributed by atoms with Crippen molar-refractivity contribution in [2.75, 3.05) is 5.33 Å². The molecule has 0 aliphatic heterocycles. The van der Waals surface area contributed by atoms with Crippen molar-refractivity contribution in [3.05, 3.63) is 0 Å². The van der Waals surface area contributed by atoms with E-state index in [1.165, 1.54) is 0 Å². The van der Waals surface area contributed by atoms with Crippen LogP contribution in [-0.4, -0.2) is 17.0 Å². The summed E-state index contributed by atoms with van der Waals surface area (Å²) in [5, 5.41) is 0.891. The van der Waals surface area contributed by atoms with Crippen molar-refractivity contribution in [1.82, 2.24) is 0 Å². The van der Waals surface area contributed by atoms with Gasteiger partial charge in [0, 0.05) is 5.33 Å². The molecule has 0 fully saturated rings. The van der Waals surface area contributed by atoms with E-state index in [2.05, 4.69) is 50.5 Å². The standard InChI is InChI=1S/C10H21BrO/c1-8(2)6-9(3)12-10(4,5)7-11/h8-9H,6-7H2,1-5H3. The fourth-order valence-electron chi connectivity index (χ4n) is 1.29. The van der Waals surface area contributed by atoms with Crippen LogP contribution in [0.3, 0.4) is 0 Å². The Balaban J connectivity index is 3.75. The molecule has 0 aromatic heterocycles. The minimum Gasteiger partial charge on any atom is -0.372 e. The highest BCUT2D eigenvalue weighted by atomic mass is 79.9. The molecule has 0 heterocycles. The van der Waals surface area contributed by atoms with Crippen molar-refractivity contribution in [1.29, 1.82) is 0 Å². The van der Waals surface area contributed by atoms with Crippen LogP contribution in [0.15, 0.2) is 0 Å². The number of halogens is 1. The average Bonchev–Trinajstić information content (AvgIpc) is 1.84. The summed E-state index contributed by atoms with van der Waals surface area (Å²) in [5.74, 6) is 0.714. The first-order valence-corrected chi connectivity index (χ1v) is 5.73. The maximum Gasteiger partial charge on any atom is 0.0726 e. The molecule has 0 aromatic rings. The smallest absolute Gasteiger partial charge is 0.0726 e. The highest BCUT2D eigenvalue weighted by Crippen LogP contribution is 2.18. The van der Waals surface area contributed by atoms with E-state index in [0.717, 1.165) is 11.8 Å². The number of ether oxygens (including phenoxy) is 1. The molecular weight excluding hydrogens is 216 g/mol. The molecule has 1 atom stereocenters. The normalized spacial score (nSPS) is 15.2. The Kier molecular flexibility index (Phi) is 5.42. The minimum absolute atomic E-state index is 0.0334. The highest BCUT2D eigenvalue weighted by molar-refractivity contribution is 9.09. The lowest BCUT2D eigenvalue weighted by atomic mass is 10.1. The third-order valence-corrected chi connectivity index (χ3v) is 3.00. The van der Waals surface area contributed by atoms with Gasteiger partial charge in [0.1, 0.15) is 0 Å². The fraction of sp³-hybridized carbons (Fsp3) is 1.00. The predicted octanol–water partition coefficient (Wildman–Crippen LogP) is 3.61. The van der Waals surface area contributed by atoms with Crippen LogP contribution in [0.4, 0.5) is 0 Å². The van der Waals surface area contributed by atoms with Crippen molar-refractivity contribution in [2.45, 2.75) is 52.7 Å². The zero-order valence-electron chi connectivity index (χ0n) is 8.86. The van der Waals surface area contributed by atoms with Gasteiger partial charge in [0.05, 0.1) is 11.7 Å². The molecule has 1 nitrogen and oxygen atoms in total. The molecule has 74 valence electrons. The molecule has 0 rings (SSSR count). The van der Waals surface area contributed by atoms with Gasteiger partial charge in [-0.1, -0.05) is 29.8 Å². The van der Waals surface area contributed by atoms with Gasteiger partial charge in [-0.3, -0.25) is 0 Å². The van der Waals surface area contributed by atoms with Crippen molar-refractivity contribution in [2.24, 2.45) is 5.92 Å². The van der Waals surface area contributed by atoms with Gasteiger partial charge in [0.25, 0.3) is 0 Å². The molecule has 0 aromatic carbocycles. The van der Waals surface area contributed by atoms with Crippen LogP contribution in [0.2, 0.25) is 0 Å². The average molecular weight is 237 g/mol. The Hall–Kier alpha value is 0.440. The number of hydrogen-bond donors (Lipinski definition) is 0. The summed E-state index contributed by atoms with van der Waals surface area (Å²) < 4.78 is 5.85. The van der Waals surface area contributed by atoms with E-state index in [1.54, 1.807) is 0 Å². The van der Waals surface area contributed by atoms with Crippen molar-refractivity contribution >= 4 is 15.9 Å². The molecule has 1 unspecified atom stereocenters. The lowest BCUT2D eigenvalue weighted by Gasteiger charge is -2.28. The number of rotatable bonds is 5. The van der Waals surface area contributed by atoms with Gasteiger partial charge in [-0.25, -0.2) is 0 Å². The SMILES string of the molecule is CC(C)CC(C)OC(C)(C)CBr. The Morgan fingerprint density at radius 3 is 2.08 bits per heavy atom. The van der Waals surface area contributed by atoms with Gasteiger partial charge >= 0.3 is 0 Å². The minimum atomic E-state index is -0.0334. The van der Waals surface area contributed by atoms with Crippen molar-refractivity contribution < 1.29 is 4.74 Å². The number of hydrogen-bond acceptors (Lipinski definition) is 1. The molecule has 0 saturated carbocycles. The van der Waals surface area contributed by atoms with E-state index >= 15 is 0 Å². The molecule has 0 aliphatic rings. The topological polar surface area (TPSA) is 9.23 Å². The Morgan fingerprint density at radius 2 is 1.75 bits per heavy atom. The molecule has 12 heavy (non-hydrogen) atoms. The maximum atomic E-state index is 5.85. The summed E-state index contributed by atoms with van der Waals surface area (Å²) in [6.45, 7) is 10.8. The number of alkyl halides is 1. The molecule has 0 saturated heterocycles. The second kappa shape index (κ2) is 5.23. The summed E-state index contributed by atoms with van der Waals surface area (Å²) in [5.41, 5.74) is -0.0334. The monoisotopic (exact) mass is 236 g/mol. The van der Waals surface area contributed by atoms with Crippen LogP contribution in [-0.2, 0) is 4.74 Å². The fourth-order valence-corrected chi connectivity index (χ4v) is 1.42. The molecular formula is C10H21BrO. The second-order valence-corrected chi connectivity index (χ2v) is 5.01. The third-order valence-electron chi connectivity index (χ3n) is 1.65. The van der Waals surface area contributed by atoms with E-state index in [1.807, 2.05) is 0 Å². The van der Waals surface area contributed by atoms with Crippen LogP contribution in [0.1, 0.15) is 41.0 Å². The molecule has 0 radical (unpaired) electrons. The van der Waals surface area contributed by atoms with Gasteiger partial charge in [0.2, 0.25) is 0 Å². The maximum absolute atomic E-state index is 5.85. The van der Waals surface area contributed by atoms with Gasteiger partial charge in [0.15, 0.2) is 0 Å². The van der Waals surface area contributed by atoms with Crippen LogP contribution in [0.5, 0.6) is 0 Å². The molecule has 0 aliphatic carbocycles.